The topological polar surface area (TPSA) is 17.3 Å². The molecule has 2 aliphatic carbocycles. The standard InChI is InChI=1S/C21H24ClN2/c1-24-8-6-18-16(12-24)9-15-11-17(22)10-14-5-4-13-3-2-7-23-21(13)20(18)19(14)15/h2-3,10-11,16,18,20H,4-9,12H2,1H3/q-1. The van der Waals surface area contributed by atoms with Crippen LogP contribution in [0.4, 0.5) is 0 Å². The molecule has 3 unspecified atom stereocenters. The first-order valence-corrected chi connectivity index (χ1v) is 9.65. The maximum atomic E-state index is 6.48. The number of hydrogen-bond donors (Lipinski definition) is 0. The zero-order valence-corrected chi connectivity index (χ0v) is 15.0. The van der Waals surface area contributed by atoms with Crippen LogP contribution in [0.1, 0.15) is 35.4 Å². The van der Waals surface area contributed by atoms with Crippen LogP contribution in [0.5, 0.6) is 0 Å². The van der Waals surface area contributed by atoms with E-state index in [2.05, 4.69) is 36.2 Å². The van der Waals surface area contributed by atoms with E-state index in [0.29, 0.717) is 5.92 Å². The molecule has 0 saturated carbocycles. The maximum absolute atomic E-state index is 6.48. The molecule has 2 aliphatic heterocycles. The molecule has 1 aromatic rings. The first-order chi connectivity index (χ1) is 11.7. The van der Waals surface area contributed by atoms with Crippen molar-refractivity contribution in [1.29, 1.82) is 0 Å². The van der Waals surface area contributed by atoms with E-state index in [0.717, 1.165) is 36.2 Å². The van der Waals surface area contributed by atoms with Crippen LogP contribution < -0.4 is 0 Å². The Kier molecular flexibility index (Phi) is 3.53. The van der Waals surface area contributed by atoms with Crippen molar-refractivity contribution in [3.8, 4) is 0 Å². The van der Waals surface area contributed by atoms with Crippen LogP contribution >= 0.6 is 11.6 Å². The minimum absolute atomic E-state index is 0.502. The van der Waals surface area contributed by atoms with Gasteiger partial charge in [-0.15, -0.1) is 12.6 Å². The molecular weight excluding hydrogens is 316 g/mol. The average Bonchev–Trinajstić information content (AvgIpc) is 2.73. The number of allylic oxidation sites excluding steroid dienone is 3. The summed E-state index contributed by atoms with van der Waals surface area (Å²) in [7, 11) is 2.26. The molecule has 0 aromatic heterocycles. The van der Waals surface area contributed by atoms with Crippen LogP contribution in [0, 0.1) is 11.8 Å². The number of hydrogen-bond acceptors (Lipinski definition) is 1. The van der Waals surface area contributed by atoms with Crippen molar-refractivity contribution in [1.82, 2.24) is 4.90 Å². The van der Waals surface area contributed by atoms with E-state index in [9.17, 15) is 0 Å². The van der Waals surface area contributed by atoms with Gasteiger partial charge in [0.25, 0.3) is 0 Å². The van der Waals surface area contributed by atoms with E-state index in [1.165, 1.54) is 48.3 Å². The summed E-state index contributed by atoms with van der Waals surface area (Å²) in [5.41, 5.74) is 7.45. The lowest BCUT2D eigenvalue weighted by atomic mass is 9.64. The van der Waals surface area contributed by atoms with Gasteiger partial charge in [-0.05, 0) is 85.9 Å². The lowest BCUT2D eigenvalue weighted by molar-refractivity contribution is 0.121. The molecule has 0 N–H and O–H groups in total. The molecule has 24 heavy (non-hydrogen) atoms. The maximum Gasteiger partial charge on any atom is 0.0411 e. The molecule has 5 rings (SSSR count). The number of rotatable bonds is 0. The van der Waals surface area contributed by atoms with Gasteiger partial charge in [-0.25, -0.2) is 0 Å². The van der Waals surface area contributed by atoms with E-state index in [1.54, 1.807) is 5.56 Å². The summed E-state index contributed by atoms with van der Waals surface area (Å²) in [4.78, 5) is 2.50. The van der Waals surface area contributed by atoms with Crippen LogP contribution in [0.2, 0.25) is 5.02 Å². The zero-order chi connectivity index (χ0) is 16.3. The Balaban J connectivity index is 1.71. The fraction of sp³-hybridized carbons (Fsp3) is 0.524. The summed E-state index contributed by atoms with van der Waals surface area (Å²) in [6.45, 7) is 3.28. The SMILES string of the molecule is CN1CCC2C(Cc3cc(Cl)cc4c3C2C2=C(C=CC[N-]2)CC4)C1. The van der Waals surface area contributed by atoms with E-state index in [4.69, 9.17) is 16.9 Å². The van der Waals surface area contributed by atoms with Gasteiger partial charge < -0.3 is 10.2 Å². The molecule has 0 bridgehead atoms. The number of piperidine rings is 1. The Labute approximate surface area is 149 Å². The Morgan fingerprint density at radius 3 is 3.00 bits per heavy atom. The highest BCUT2D eigenvalue weighted by Crippen LogP contribution is 2.53. The average molecular weight is 340 g/mol. The van der Waals surface area contributed by atoms with Gasteiger partial charge in [0, 0.05) is 11.6 Å². The lowest BCUT2D eigenvalue weighted by Gasteiger charge is -2.50. The second kappa shape index (κ2) is 5.64. The molecule has 1 aromatic carbocycles. The van der Waals surface area contributed by atoms with Crippen molar-refractivity contribution < 1.29 is 0 Å². The van der Waals surface area contributed by atoms with E-state index in [1.807, 2.05) is 0 Å². The molecule has 0 spiro atoms. The third-order valence-corrected chi connectivity index (χ3v) is 6.72. The second-order valence-corrected chi connectivity index (χ2v) is 8.38. The number of benzene rings is 1. The number of fused-ring (bicyclic) bond motifs is 3. The fourth-order valence-electron chi connectivity index (χ4n) is 5.55. The van der Waals surface area contributed by atoms with Crippen molar-refractivity contribution in [2.75, 3.05) is 26.7 Å². The summed E-state index contributed by atoms with van der Waals surface area (Å²) >= 11 is 6.48. The molecule has 0 amide bonds. The minimum atomic E-state index is 0.502. The van der Waals surface area contributed by atoms with Gasteiger partial charge in [-0.3, -0.25) is 0 Å². The lowest BCUT2D eigenvalue weighted by Crippen LogP contribution is -2.44. The van der Waals surface area contributed by atoms with E-state index in [-0.39, 0.29) is 0 Å². The van der Waals surface area contributed by atoms with Gasteiger partial charge in [-0.2, -0.15) is 5.70 Å². The van der Waals surface area contributed by atoms with Crippen molar-refractivity contribution in [3.05, 3.63) is 62.6 Å². The summed E-state index contributed by atoms with van der Waals surface area (Å²) in [6, 6.07) is 4.47. The Morgan fingerprint density at radius 1 is 1.21 bits per heavy atom. The highest BCUT2D eigenvalue weighted by atomic mass is 35.5. The molecule has 1 fully saturated rings. The zero-order valence-electron chi connectivity index (χ0n) is 14.3. The monoisotopic (exact) mass is 339 g/mol. The predicted molar refractivity (Wildman–Crippen MR) is 99.7 cm³/mol. The summed E-state index contributed by atoms with van der Waals surface area (Å²) in [5, 5.41) is 5.93. The van der Waals surface area contributed by atoms with Crippen LogP contribution in [0.3, 0.4) is 0 Å². The molecule has 126 valence electrons. The molecule has 1 saturated heterocycles. The van der Waals surface area contributed by atoms with Crippen molar-refractivity contribution >= 4 is 11.6 Å². The number of aryl methyl sites for hydroxylation is 1. The third-order valence-electron chi connectivity index (χ3n) is 6.51. The number of likely N-dealkylation sites (tertiary alicyclic amines) is 1. The van der Waals surface area contributed by atoms with E-state index < -0.39 is 0 Å². The normalized spacial score (nSPS) is 31.7. The largest absolute Gasteiger partial charge is 0.684 e. The molecule has 2 nitrogen and oxygen atoms in total. The molecule has 4 aliphatic rings. The van der Waals surface area contributed by atoms with Crippen LogP contribution in [-0.2, 0) is 12.8 Å². The fourth-order valence-corrected chi connectivity index (χ4v) is 5.81. The van der Waals surface area contributed by atoms with Crippen LogP contribution in [0.15, 0.2) is 35.6 Å². The third kappa shape index (κ3) is 2.27. The molecule has 3 heteroatoms. The van der Waals surface area contributed by atoms with Crippen LogP contribution in [0.25, 0.3) is 5.32 Å². The summed E-state index contributed by atoms with van der Waals surface area (Å²) in [5.74, 6) is 1.98. The Morgan fingerprint density at radius 2 is 2.08 bits per heavy atom. The van der Waals surface area contributed by atoms with Crippen molar-refractivity contribution in [2.24, 2.45) is 11.8 Å². The van der Waals surface area contributed by atoms with Gasteiger partial charge in [0.15, 0.2) is 0 Å². The molecular formula is C21H24ClN2-. The molecule has 3 atom stereocenters. The summed E-state index contributed by atoms with van der Waals surface area (Å²) in [6.07, 6.45) is 9.26. The van der Waals surface area contributed by atoms with Gasteiger partial charge in [0.1, 0.15) is 0 Å². The highest BCUT2D eigenvalue weighted by Gasteiger charge is 2.41. The Hall–Kier alpha value is -1.25. The Bertz CT molecular complexity index is 748. The second-order valence-electron chi connectivity index (χ2n) is 7.95. The van der Waals surface area contributed by atoms with Crippen LogP contribution in [-0.4, -0.2) is 31.6 Å². The minimum Gasteiger partial charge on any atom is -0.684 e. The molecule has 2 heterocycles. The van der Waals surface area contributed by atoms with Gasteiger partial charge in [0.2, 0.25) is 0 Å². The quantitative estimate of drug-likeness (QED) is 0.670. The number of halogens is 1. The predicted octanol–water partition coefficient (Wildman–Crippen LogP) is 4.69. The first kappa shape index (κ1) is 15.0. The van der Waals surface area contributed by atoms with Gasteiger partial charge in [0.05, 0.1) is 0 Å². The molecule has 0 radical (unpaired) electrons. The van der Waals surface area contributed by atoms with Crippen molar-refractivity contribution in [2.45, 2.75) is 31.6 Å². The highest BCUT2D eigenvalue weighted by molar-refractivity contribution is 6.30. The van der Waals surface area contributed by atoms with Crippen molar-refractivity contribution in [3.63, 3.8) is 0 Å². The summed E-state index contributed by atoms with van der Waals surface area (Å²) < 4.78 is 0. The van der Waals surface area contributed by atoms with Gasteiger partial charge >= 0.3 is 0 Å². The number of nitrogens with zero attached hydrogens (tertiary/aromatic N) is 2. The van der Waals surface area contributed by atoms with Gasteiger partial charge in [-0.1, -0.05) is 23.3 Å². The first-order valence-electron chi connectivity index (χ1n) is 9.27. The van der Waals surface area contributed by atoms with E-state index >= 15 is 0 Å². The smallest absolute Gasteiger partial charge is 0.0411 e.